The zero-order valence-corrected chi connectivity index (χ0v) is 14.9. The Morgan fingerprint density at radius 3 is 2.71 bits per heavy atom. The molecule has 0 aliphatic heterocycles. The summed E-state index contributed by atoms with van der Waals surface area (Å²) in [6.45, 7) is 6.50. The number of ether oxygens (including phenoxy) is 1. The van der Waals surface area contributed by atoms with Gasteiger partial charge in [0.25, 0.3) is 0 Å². The number of aryl methyl sites for hydroxylation is 2. The summed E-state index contributed by atoms with van der Waals surface area (Å²) in [6, 6.07) is 3.70. The zero-order chi connectivity index (χ0) is 17.9. The van der Waals surface area contributed by atoms with Gasteiger partial charge in [0.05, 0.1) is 19.3 Å². The molecule has 0 saturated heterocycles. The second-order valence-electron chi connectivity index (χ2n) is 6.15. The summed E-state index contributed by atoms with van der Waals surface area (Å²) in [5, 5.41) is 13.8. The molecule has 0 aliphatic carbocycles. The van der Waals surface area contributed by atoms with E-state index in [1.165, 1.54) is 7.11 Å². The van der Waals surface area contributed by atoms with Crippen LogP contribution in [0.15, 0.2) is 16.7 Å². The van der Waals surface area contributed by atoms with Crippen molar-refractivity contribution in [2.45, 2.75) is 26.9 Å². The molecule has 2 rings (SSSR count). The molecule has 2 heterocycles. The summed E-state index contributed by atoms with van der Waals surface area (Å²) in [5.41, 5.74) is 2.41. The van der Waals surface area contributed by atoms with Crippen LogP contribution in [0.25, 0.3) is 5.82 Å². The number of carbonyl (C=O) groups excluding carboxylic acids is 1. The number of carbonyl (C=O) groups is 1. The molecule has 0 fully saturated rings. The lowest BCUT2D eigenvalue weighted by Gasteiger charge is -2.19. The summed E-state index contributed by atoms with van der Waals surface area (Å²) in [6.07, 6.45) is -0.613. The molecular weight excluding hydrogens is 310 g/mol. The van der Waals surface area contributed by atoms with Gasteiger partial charge in [-0.25, -0.2) is 0 Å². The van der Waals surface area contributed by atoms with Gasteiger partial charge in [0.2, 0.25) is 0 Å². The van der Waals surface area contributed by atoms with E-state index in [4.69, 9.17) is 9.26 Å². The van der Waals surface area contributed by atoms with Crippen molar-refractivity contribution in [3.05, 3.63) is 34.8 Å². The minimum absolute atomic E-state index is 0.00156. The molecule has 2 aromatic heterocycles. The second kappa shape index (κ2) is 7.74. The molecule has 2 aromatic rings. The highest BCUT2D eigenvalue weighted by molar-refractivity contribution is 5.99. The summed E-state index contributed by atoms with van der Waals surface area (Å²) < 4.78 is 11.9. The van der Waals surface area contributed by atoms with Crippen molar-refractivity contribution in [3.8, 4) is 5.82 Å². The molecule has 0 radical (unpaired) electrons. The van der Waals surface area contributed by atoms with Gasteiger partial charge in [0.1, 0.15) is 5.76 Å². The van der Waals surface area contributed by atoms with E-state index in [-0.39, 0.29) is 18.9 Å². The molecule has 0 bridgehead atoms. The number of aliphatic hydroxyl groups is 1. The van der Waals surface area contributed by atoms with Crippen LogP contribution in [0.2, 0.25) is 0 Å². The number of rotatable bonds is 8. The van der Waals surface area contributed by atoms with Gasteiger partial charge in [-0.05, 0) is 33.9 Å². The first-order valence-electron chi connectivity index (χ1n) is 7.84. The Bertz CT molecular complexity index is 705. The topological polar surface area (TPSA) is 80.7 Å². The normalized spacial score (nSPS) is 12.8. The number of likely N-dealkylation sites (N-methyl/N-ethyl adjacent to an activating group) is 1. The first-order valence-corrected chi connectivity index (χ1v) is 7.84. The maximum Gasteiger partial charge on any atom is 0.180 e. The number of aliphatic hydroxyl groups excluding tert-OH is 1. The number of methoxy groups -OCH3 is 1. The second-order valence-corrected chi connectivity index (χ2v) is 6.15. The monoisotopic (exact) mass is 335 g/mol. The van der Waals surface area contributed by atoms with Gasteiger partial charge in [-0.3, -0.25) is 14.3 Å². The third-order valence-electron chi connectivity index (χ3n) is 3.87. The molecule has 0 saturated carbocycles. The molecule has 7 nitrogen and oxygen atoms in total. The van der Waals surface area contributed by atoms with Crippen LogP contribution in [0.5, 0.6) is 0 Å². The van der Waals surface area contributed by atoms with Gasteiger partial charge < -0.3 is 14.4 Å². The number of hydrogen-bond acceptors (Lipinski definition) is 6. The van der Waals surface area contributed by atoms with E-state index in [1.54, 1.807) is 11.9 Å². The van der Waals surface area contributed by atoms with E-state index >= 15 is 0 Å². The first kappa shape index (κ1) is 18.4. The summed E-state index contributed by atoms with van der Waals surface area (Å²) in [4.78, 5) is 14.4. The fraction of sp³-hybridized carbons (Fsp3) is 0.529. The Kier molecular flexibility index (Phi) is 5.93. The van der Waals surface area contributed by atoms with Gasteiger partial charge in [-0.15, -0.1) is 0 Å². The Morgan fingerprint density at radius 2 is 2.12 bits per heavy atom. The fourth-order valence-electron chi connectivity index (χ4n) is 2.86. The van der Waals surface area contributed by atoms with Crippen LogP contribution in [0.3, 0.4) is 0 Å². The molecule has 1 unspecified atom stereocenters. The van der Waals surface area contributed by atoms with E-state index in [2.05, 4.69) is 5.16 Å². The maximum atomic E-state index is 12.6. The summed E-state index contributed by atoms with van der Waals surface area (Å²) in [7, 11) is 3.34. The molecule has 0 aliphatic rings. The van der Waals surface area contributed by atoms with Crippen LogP contribution >= 0.6 is 0 Å². The molecule has 1 N–H and O–H groups in total. The van der Waals surface area contributed by atoms with E-state index < -0.39 is 6.10 Å². The molecule has 0 spiro atoms. The first-order chi connectivity index (χ1) is 11.3. The van der Waals surface area contributed by atoms with E-state index in [1.807, 2.05) is 37.5 Å². The molecule has 24 heavy (non-hydrogen) atoms. The Morgan fingerprint density at radius 1 is 1.42 bits per heavy atom. The van der Waals surface area contributed by atoms with Gasteiger partial charge in [0, 0.05) is 36.7 Å². The van der Waals surface area contributed by atoms with Gasteiger partial charge in [0.15, 0.2) is 11.6 Å². The van der Waals surface area contributed by atoms with Crippen molar-refractivity contribution in [1.82, 2.24) is 14.6 Å². The largest absolute Gasteiger partial charge is 0.389 e. The Balaban J connectivity index is 2.13. The van der Waals surface area contributed by atoms with Crippen LogP contribution in [0.1, 0.15) is 27.5 Å². The maximum absolute atomic E-state index is 12.6. The number of nitrogens with zero attached hydrogens (tertiary/aromatic N) is 3. The van der Waals surface area contributed by atoms with Gasteiger partial charge >= 0.3 is 0 Å². The molecule has 1 atom stereocenters. The van der Waals surface area contributed by atoms with Crippen molar-refractivity contribution in [3.63, 3.8) is 0 Å². The minimum atomic E-state index is -0.613. The standard InChI is InChI=1S/C17H25N3O4/c1-11-6-15(13(3)20(11)17-7-12(2)24-18-17)16(22)9-19(4)8-14(21)10-23-5/h6-7,14,21H,8-10H2,1-5H3. The molecule has 0 amide bonds. The van der Waals surface area contributed by atoms with Crippen molar-refractivity contribution >= 4 is 5.78 Å². The van der Waals surface area contributed by atoms with Crippen LogP contribution in [-0.2, 0) is 4.74 Å². The number of ketones is 1. The van der Waals surface area contributed by atoms with E-state index in [9.17, 15) is 9.90 Å². The average Bonchev–Trinajstić information content (AvgIpc) is 3.02. The highest BCUT2D eigenvalue weighted by Crippen LogP contribution is 2.21. The fourth-order valence-corrected chi connectivity index (χ4v) is 2.86. The number of Topliss-reactive ketones (excluding diaryl/α,β-unsaturated/α-hetero) is 1. The third-order valence-corrected chi connectivity index (χ3v) is 3.87. The molecule has 0 aromatic carbocycles. The quantitative estimate of drug-likeness (QED) is 0.737. The minimum Gasteiger partial charge on any atom is -0.389 e. The Hall–Kier alpha value is -1.96. The van der Waals surface area contributed by atoms with Crippen LogP contribution in [0.4, 0.5) is 0 Å². The SMILES string of the molecule is COCC(O)CN(C)CC(=O)c1cc(C)n(-c2cc(C)on2)c1C. The zero-order valence-electron chi connectivity index (χ0n) is 14.9. The van der Waals surface area contributed by atoms with Crippen LogP contribution in [-0.4, -0.2) is 65.5 Å². The van der Waals surface area contributed by atoms with Crippen LogP contribution < -0.4 is 0 Å². The molecule has 7 heteroatoms. The summed E-state index contributed by atoms with van der Waals surface area (Å²) >= 11 is 0. The van der Waals surface area contributed by atoms with Crippen LogP contribution in [0, 0.1) is 20.8 Å². The number of hydrogen-bond donors (Lipinski definition) is 1. The third kappa shape index (κ3) is 4.11. The average molecular weight is 335 g/mol. The van der Waals surface area contributed by atoms with Crippen molar-refractivity contribution in [2.24, 2.45) is 0 Å². The van der Waals surface area contributed by atoms with E-state index in [0.29, 0.717) is 17.9 Å². The predicted octanol–water partition coefficient (Wildman–Crippen LogP) is 1.51. The van der Waals surface area contributed by atoms with E-state index in [0.717, 1.165) is 17.1 Å². The highest BCUT2D eigenvalue weighted by Gasteiger charge is 2.20. The Labute approximate surface area is 141 Å². The van der Waals surface area contributed by atoms with Gasteiger partial charge in [-0.1, -0.05) is 5.16 Å². The predicted molar refractivity (Wildman–Crippen MR) is 89.8 cm³/mol. The molecule has 132 valence electrons. The van der Waals surface area contributed by atoms with Crippen molar-refractivity contribution in [1.29, 1.82) is 0 Å². The highest BCUT2D eigenvalue weighted by atomic mass is 16.5. The lowest BCUT2D eigenvalue weighted by atomic mass is 10.1. The smallest absolute Gasteiger partial charge is 0.180 e. The molecular formula is C17H25N3O4. The lowest BCUT2D eigenvalue weighted by Crippen LogP contribution is -2.35. The van der Waals surface area contributed by atoms with Crippen molar-refractivity contribution < 1.29 is 19.2 Å². The van der Waals surface area contributed by atoms with Gasteiger partial charge in [-0.2, -0.15) is 0 Å². The number of aromatic nitrogens is 2. The lowest BCUT2D eigenvalue weighted by molar-refractivity contribution is 0.0427. The van der Waals surface area contributed by atoms with Crippen molar-refractivity contribution in [2.75, 3.05) is 33.9 Å². The summed E-state index contributed by atoms with van der Waals surface area (Å²) in [5.74, 6) is 1.39.